The monoisotopic (exact) mass is 277 g/mol. The summed E-state index contributed by atoms with van der Waals surface area (Å²) in [5, 5.41) is 0. The first-order valence-electron chi connectivity index (χ1n) is 5.87. The predicted molar refractivity (Wildman–Crippen MR) is 70.1 cm³/mol. The summed E-state index contributed by atoms with van der Waals surface area (Å²) in [5.41, 5.74) is 6.57. The molecule has 0 fully saturated rings. The summed E-state index contributed by atoms with van der Waals surface area (Å²) in [6, 6.07) is 6.61. The average Bonchev–Trinajstić information content (AvgIpc) is 2.74. The summed E-state index contributed by atoms with van der Waals surface area (Å²) in [6.45, 7) is 1.61. The number of imidazole rings is 1. The van der Waals surface area contributed by atoms with Crippen molar-refractivity contribution in [2.45, 2.75) is 6.92 Å². The van der Waals surface area contributed by atoms with E-state index in [0.717, 1.165) is 6.07 Å². The van der Waals surface area contributed by atoms with E-state index in [1.165, 1.54) is 22.8 Å². The minimum Gasteiger partial charge on any atom is -0.369 e. The number of nitrogens with zero attached hydrogens (tertiary/aromatic N) is 2. The molecule has 1 aromatic heterocycles. The van der Waals surface area contributed by atoms with E-state index >= 15 is 0 Å². The lowest BCUT2D eigenvalue weighted by molar-refractivity contribution is 0.514. The van der Waals surface area contributed by atoms with Gasteiger partial charge in [-0.3, -0.25) is 4.57 Å². The zero-order valence-corrected chi connectivity index (χ0v) is 10.5. The van der Waals surface area contributed by atoms with Crippen molar-refractivity contribution in [2.24, 2.45) is 0 Å². The molecule has 2 aromatic carbocycles. The Morgan fingerprint density at radius 3 is 2.50 bits per heavy atom. The Morgan fingerprint density at radius 1 is 1.05 bits per heavy atom. The molecular weight excluding hydrogens is 267 g/mol. The molecule has 102 valence electrons. The van der Waals surface area contributed by atoms with E-state index in [2.05, 4.69) is 4.98 Å². The molecule has 0 spiro atoms. The van der Waals surface area contributed by atoms with Gasteiger partial charge in [-0.15, -0.1) is 0 Å². The van der Waals surface area contributed by atoms with Gasteiger partial charge in [-0.1, -0.05) is 6.07 Å². The molecule has 3 aromatic rings. The number of rotatable bonds is 1. The zero-order chi connectivity index (χ0) is 14.4. The van der Waals surface area contributed by atoms with Crippen LogP contribution in [0.15, 0.2) is 30.3 Å². The molecule has 0 aliphatic rings. The van der Waals surface area contributed by atoms with Crippen molar-refractivity contribution >= 4 is 17.0 Å². The molecule has 0 saturated carbocycles. The number of nitrogens with two attached hydrogens (primary N) is 1. The topological polar surface area (TPSA) is 43.8 Å². The minimum absolute atomic E-state index is 0.0345. The third-order valence-electron chi connectivity index (χ3n) is 3.15. The number of nitrogen functional groups attached to an aromatic ring is 1. The number of fused-ring (bicyclic) bond motifs is 1. The smallest absolute Gasteiger partial charge is 0.206 e. The van der Waals surface area contributed by atoms with Crippen molar-refractivity contribution in [3.05, 3.63) is 53.3 Å². The van der Waals surface area contributed by atoms with E-state index in [1.54, 1.807) is 13.0 Å². The summed E-state index contributed by atoms with van der Waals surface area (Å²) in [7, 11) is 0. The van der Waals surface area contributed by atoms with Gasteiger partial charge in [0.1, 0.15) is 11.3 Å². The number of aryl methyl sites for hydroxylation is 1. The summed E-state index contributed by atoms with van der Waals surface area (Å²) >= 11 is 0. The molecule has 0 aliphatic heterocycles. The van der Waals surface area contributed by atoms with E-state index in [1.807, 2.05) is 0 Å². The molecule has 6 heteroatoms. The van der Waals surface area contributed by atoms with Crippen LogP contribution in [0.1, 0.15) is 5.56 Å². The second kappa shape index (κ2) is 4.26. The first-order chi connectivity index (χ1) is 9.49. The van der Waals surface area contributed by atoms with Crippen LogP contribution in [0.3, 0.4) is 0 Å². The Hall–Kier alpha value is -2.50. The van der Waals surface area contributed by atoms with Gasteiger partial charge in [0.15, 0.2) is 11.6 Å². The van der Waals surface area contributed by atoms with Crippen LogP contribution in [0.25, 0.3) is 16.7 Å². The van der Waals surface area contributed by atoms with Crippen LogP contribution in [-0.4, -0.2) is 9.55 Å². The fourth-order valence-electron chi connectivity index (χ4n) is 2.10. The van der Waals surface area contributed by atoms with Crippen molar-refractivity contribution < 1.29 is 13.2 Å². The number of hydrogen-bond donors (Lipinski definition) is 1. The third kappa shape index (κ3) is 1.72. The van der Waals surface area contributed by atoms with Gasteiger partial charge in [0, 0.05) is 0 Å². The summed E-state index contributed by atoms with van der Waals surface area (Å²) in [6.07, 6.45) is 0. The fraction of sp³-hybridized carbons (Fsp3) is 0.0714. The number of anilines is 1. The Morgan fingerprint density at radius 2 is 1.80 bits per heavy atom. The predicted octanol–water partition coefficient (Wildman–Crippen LogP) is 3.33. The fourth-order valence-corrected chi connectivity index (χ4v) is 2.10. The van der Waals surface area contributed by atoms with Crippen molar-refractivity contribution in [2.75, 3.05) is 5.73 Å². The van der Waals surface area contributed by atoms with Crippen molar-refractivity contribution in [1.29, 1.82) is 0 Å². The molecule has 0 saturated heterocycles. The van der Waals surface area contributed by atoms with E-state index < -0.39 is 17.5 Å². The second-order valence-electron chi connectivity index (χ2n) is 4.47. The Bertz CT molecular complexity index is 824. The van der Waals surface area contributed by atoms with E-state index in [0.29, 0.717) is 5.56 Å². The molecule has 0 amide bonds. The molecule has 0 aliphatic carbocycles. The SMILES string of the molecule is Cc1ccc(-n2c(N)nc3ccc(F)c(F)c32)cc1F. The van der Waals surface area contributed by atoms with Gasteiger partial charge in [0.05, 0.1) is 11.2 Å². The number of benzene rings is 2. The van der Waals surface area contributed by atoms with E-state index in [9.17, 15) is 13.2 Å². The Balaban J connectivity index is 2.38. The molecule has 1 heterocycles. The molecular formula is C14H10F3N3. The Labute approximate surface area is 112 Å². The van der Waals surface area contributed by atoms with Gasteiger partial charge < -0.3 is 5.73 Å². The van der Waals surface area contributed by atoms with Crippen LogP contribution in [0.5, 0.6) is 0 Å². The van der Waals surface area contributed by atoms with Gasteiger partial charge in [-0.05, 0) is 36.8 Å². The summed E-state index contributed by atoms with van der Waals surface area (Å²) < 4.78 is 42.1. The quantitative estimate of drug-likeness (QED) is 0.741. The van der Waals surface area contributed by atoms with Gasteiger partial charge in [0.25, 0.3) is 0 Å². The first kappa shape index (κ1) is 12.5. The molecule has 0 atom stereocenters. The maximum atomic E-state index is 14.0. The molecule has 3 nitrogen and oxygen atoms in total. The lowest BCUT2D eigenvalue weighted by Gasteiger charge is -2.08. The molecule has 3 rings (SSSR count). The highest BCUT2D eigenvalue weighted by Gasteiger charge is 2.17. The molecule has 0 unspecified atom stereocenters. The van der Waals surface area contributed by atoms with Crippen LogP contribution in [0, 0.1) is 24.4 Å². The minimum atomic E-state index is -1.06. The standard InChI is InChI=1S/C14H10F3N3/c1-7-2-3-8(6-10(7)16)20-13-11(19-14(20)18)5-4-9(15)12(13)17/h2-6H,1H3,(H2,18,19). The van der Waals surface area contributed by atoms with Crippen LogP contribution < -0.4 is 5.73 Å². The number of halogens is 3. The van der Waals surface area contributed by atoms with Crippen LogP contribution in [0.2, 0.25) is 0 Å². The van der Waals surface area contributed by atoms with Crippen molar-refractivity contribution in [3.8, 4) is 5.69 Å². The Kier molecular flexibility index (Phi) is 2.67. The number of aromatic nitrogens is 2. The van der Waals surface area contributed by atoms with Crippen molar-refractivity contribution in [3.63, 3.8) is 0 Å². The van der Waals surface area contributed by atoms with E-state index in [4.69, 9.17) is 5.73 Å². The summed E-state index contributed by atoms with van der Waals surface area (Å²) in [5.74, 6) is -2.56. The molecule has 2 N–H and O–H groups in total. The van der Waals surface area contributed by atoms with Crippen LogP contribution in [0.4, 0.5) is 19.1 Å². The van der Waals surface area contributed by atoms with Gasteiger partial charge in [0.2, 0.25) is 5.95 Å². The highest BCUT2D eigenvalue weighted by Crippen LogP contribution is 2.27. The molecule has 20 heavy (non-hydrogen) atoms. The number of hydrogen-bond acceptors (Lipinski definition) is 2. The van der Waals surface area contributed by atoms with Gasteiger partial charge in [-0.2, -0.15) is 0 Å². The van der Waals surface area contributed by atoms with E-state index in [-0.39, 0.29) is 22.7 Å². The lowest BCUT2D eigenvalue weighted by atomic mass is 10.2. The first-order valence-corrected chi connectivity index (χ1v) is 5.87. The maximum absolute atomic E-state index is 14.0. The molecule has 0 bridgehead atoms. The second-order valence-corrected chi connectivity index (χ2v) is 4.47. The largest absolute Gasteiger partial charge is 0.369 e. The zero-order valence-electron chi connectivity index (χ0n) is 10.5. The van der Waals surface area contributed by atoms with Crippen LogP contribution in [-0.2, 0) is 0 Å². The normalized spacial score (nSPS) is 11.2. The third-order valence-corrected chi connectivity index (χ3v) is 3.15. The average molecular weight is 277 g/mol. The molecule has 0 radical (unpaired) electrons. The highest BCUT2D eigenvalue weighted by atomic mass is 19.2. The van der Waals surface area contributed by atoms with Gasteiger partial charge >= 0.3 is 0 Å². The highest BCUT2D eigenvalue weighted by molar-refractivity contribution is 5.81. The van der Waals surface area contributed by atoms with Crippen molar-refractivity contribution in [1.82, 2.24) is 9.55 Å². The summed E-state index contributed by atoms with van der Waals surface area (Å²) in [4.78, 5) is 3.96. The van der Waals surface area contributed by atoms with Gasteiger partial charge in [-0.25, -0.2) is 18.2 Å². The van der Waals surface area contributed by atoms with Crippen LogP contribution >= 0.6 is 0 Å². The lowest BCUT2D eigenvalue weighted by Crippen LogP contribution is -2.03. The maximum Gasteiger partial charge on any atom is 0.206 e.